The summed E-state index contributed by atoms with van der Waals surface area (Å²) in [6.07, 6.45) is 3.89. The van der Waals surface area contributed by atoms with E-state index < -0.39 is 21.6 Å². The molecule has 0 aliphatic carbocycles. The van der Waals surface area contributed by atoms with E-state index in [1.54, 1.807) is 26.6 Å². The van der Waals surface area contributed by atoms with E-state index in [1.807, 2.05) is 38.1 Å². The Morgan fingerprint density at radius 2 is 1.59 bits per heavy atom. The molecule has 2 rings (SSSR count). The molecule has 1 heterocycles. The number of hydrogen-bond donors (Lipinski definition) is 0. The van der Waals surface area contributed by atoms with Gasteiger partial charge in [0, 0.05) is 12.4 Å². The smallest absolute Gasteiger partial charge is 0.338 e. The number of ether oxygens (including phenoxy) is 2. The van der Waals surface area contributed by atoms with Crippen LogP contribution in [0.5, 0.6) is 17.2 Å². The summed E-state index contributed by atoms with van der Waals surface area (Å²) in [5, 5.41) is -0.00975. The van der Waals surface area contributed by atoms with Crippen LogP contribution in [0.1, 0.15) is 51.4 Å². The van der Waals surface area contributed by atoms with Crippen LogP contribution < -0.4 is 13.9 Å². The molecule has 0 N–H and O–H groups in total. The summed E-state index contributed by atoms with van der Waals surface area (Å²) in [4.78, 5) is 4.21. The minimum absolute atomic E-state index is 0.00975. The van der Waals surface area contributed by atoms with Crippen LogP contribution in [0.15, 0.2) is 36.7 Å². The lowest BCUT2D eigenvalue weighted by atomic mass is 10.0. The van der Waals surface area contributed by atoms with Gasteiger partial charge >= 0.3 is 7.60 Å². The van der Waals surface area contributed by atoms with Gasteiger partial charge < -0.3 is 22.9 Å². The minimum Gasteiger partial charge on any atom is -0.539 e. The van der Waals surface area contributed by atoms with Gasteiger partial charge in [0.1, 0.15) is 0 Å². The Bertz CT molecular complexity index is 942. The first-order chi connectivity index (χ1) is 15.9. The molecule has 0 amide bonds. The van der Waals surface area contributed by atoms with Gasteiger partial charge in [-0.15, -0.1) is 0 Å². The van der Waals surface area contributed by atoms with Crippen molar-refractivity contribution in [2.24, 2.45) is 0 Å². The number of aromatic nitrogens is 1. The molecule has 0 radical (unpaired) electrons. The number of pyridine rings is 1. The van der Waals surface area contributed by atoms with Gasteiger partial charge in [0.15, 0.2) is 17.2 Å². The highest BCUT2D eigenvalue weighted by Crippen LogP contribution is 2.63. The van der Waals surface area contributed by atoms with Crippen LogP contribution in [-0.2, 0) is 20.0 Å². The molecular weight excluding hydrogens is 469 g/mol. The fourth-order valence-electron chi connectivity index (χ4n) is 3.33. The Hall–Kier alpha value is -1.86. The topological polar surface area (TPSA) is 76.1 Å². The van der Waals surface area contributed by atoms with E-state index in [-0.39, 0.29) is 18.3 Å². The predicted octanol–water partition coefficient (Wildman–Crippen LogP) is 7.03. The second-order valence-corrected chi connectivity index (χ2v) is 16.5. The van der Waals surface area contributed by atoms with Crippen LogP contribution in [-0.4, -0.2) is 40.7 Å². The lowest BCUT2D eigenvalue weighted by Crippen LogP contribution is -2.44. The van der Waals surface area contributed by atoms with Gasteiger partial charge in [-0.1, -0.05) is 26.8 Å². The second-order valence-electron chi connectivity index (χ2n) is 9.57. The Balaban J connectivity index is 2.67. The predicted molar refractivity (Wildman–Crippen MR) is 139 cm³/mol. The number of hydrogen-bond acceptors (Lipinski definition) is 7. The second kappa shape index (κ2) is 11.7. The van der Waals surface area contributed by atoms with Crippen molar-refractivity contribution >= 4 is 15.9 Å². The summed E-state index contributed by atoms with van der Waals surface area (Å²) in [6, 6.07) is 7.52. The average Bonchev–Trinajstić information content (AvgIpc) is 2.77. The van der Waals surface area contributed by atoms with E-state index in [9.17, 15) is 4.57 Å². The maximum absolute atomic E-state index is 14.0. The summed E-state index contributed by atoms with van der Waals surface area (Å²) in [5.41, 5.74) is 1.07. The normalized spacial score (nSPS) is 13.4. The number of benzene rings is 1. The van der Waals surface area contributed by atoms with Crippen molar-refractivity contribution in [3.63, 3.8) is 0 Å². The number of nitrogens with zero attached hydrogens (tertiary/aromatic N) is 1. The molecule has 7 nitrogen and oxygen atoms in total. The molecule has 0 aliphatic rings. The highest BCUT2D eigenvalue weighted by atomic mass is 31.2. The molecule has 1 aromatic carbocycles. The van der Waals surface area contributed by atoms with Gasteiger partial charge in [0.2, 0.25) is 0 Å². The van der Waals surface area contributed by atoms with Crippen LogP contribution in [0.4, 0.5) is 0 Å². The highest BCUT2D eigenvalue weighted by Gasteiger charge is 2.42. The molecule has 2 aromatic rings. The molecule has 0 saturated carbocycles. The van der Waals surface area contributed by atoms with E-state index in [0.717, 1.165) is 11.1 Å². The van der Waals surface area contributed by atoms with Crippen LogP contribution in [0.3, 0.4) is 0 Å². The van der Waals surface area contributed by atoms with Crippen molar-refractivity contribution < 1.29 is 27.5 Å². The molecular formula is C25H40NO6PSi. The van der Waals surface area contributed by atoms with Gasteiger partial charge in [-0.2, -0.15) is 0 Å². The first kappa shape index (κ1) is 28.4. The Morgan fingerprint density at radius 3 is 2.00 bits per heavy atom. The largest absolute Gasteiger partial charge is 0.539 e. The van der Waals surface area contributed by atoms with Crippen molar-refractivity contribution in [1.82, 2.24) is 4.98 Å². The zero-order valence-corrected chi connectivity index (χ0v) is 23.9. The van der Waals surface area contributed by atoms with Gasteiger partial charge in [0.25, 0.3) is 8.32 Å². The Kier molecular flexibility index (Phi) is 9.77. The van der Waals surface area contributed by atoms with Gasteiger partial charge in [-0.25, -0.2) is 0 Å². The van der Waals surface area contributed by atoms with Crippen molar-refractivity contribution in [1.29, 1.82) is 0 Å². The van der Waals surface area contributed by atoms with Crippen molar-refractivity contribution in [2.45, 2.75) is 64.8 Å². The SMILES string of the molecule is CCOP(=O)(OCC)C(Cc1cccnc1)c1cc(OC)c(O[Si](C)(C)C(C)(C)C)c(OC)c1. The fourth-order valence-corrected chi connectivity index (χ4v) is 6.45. The third-order valence-corrected chi connectivity index (χ3v) is 13.0. The van der Waals surface area contributed by atoms with Gasteiger partial charge in [0.05, 0.1) is 33.1 Å². The molecule has 0 spiro atoms. The monoisotopic (exact) mass is 509 g/mol. The summed E-state index contributed by atoms with van der Waals surface area (Å²) >= 11 is 0. The Labute approximate surface area is 205 Å². The van der Waals surface area contributed by atoms with E-state index in [1.165, 1.54) is 0 Å². The zero-order chi connectivity index (χ0) is 25.6. The average molecular weight is 510 g/mol. The molecule has 0 saturated heterocycles. The lowest BCUT2D eigenvalue weighted by Gasteiger charge is -2.37. The fraction of sp³-hybridized carbons (Fsp3) is 0.560. The number of rotatable bonds is 12. The molecule has 0 bridgehead atoms. The highest BCUT2D eigenvalue weighted by molar-refractivity contribution is 7.54. The van der Waals surface area contributed by atoms with Crippen LogP contribution in [0.2, 0.25) is 18.1 Å². The third-order valence-electron chi connectivity index (χ3n) is 6.18. The molecule has 0 fully saturated rings. The molecule has 9 heteroatoms. The summed E-state index contributed by atoms with van der Waals surface area (Å²) in [6.45, 7) is 15.0. The maximum Gasteiger partial charge on any atom is 0.338 e. The zero-order valence-electron chi connectivity index (χ0n) is 22.0. The lowest BCUT2D eigenvalue weighted by molar-refractivity contribution is 0.211. The molecule has 1 unspecified atom stereocenters. The van der Waals surface area contributed by atoms with E-state index in [2.05, 4.69) is 38.8 Å². The van der Waals surface area contributed by atoms with Crippen LogP contribution in [0, 0.1) is 0 Å². The maximum atomic E-state index is 14.0. The summed E-state index contributed by atoms with van der Waals surface area (Å²) in [5.74, 6) is 1.60. The van der Waals surface area contributed by atoms with E-state index in [4.69, 9.17) is 22.9 Å². The van der Waals surface area contributed by atoms with Crippen molar-refractivity contribution in [3.8, 4) is 17.2 Å². The molecule has 1 aromatic heterocycles. The Morgan fingerprint density at radius 1 is 1.03 bits per heavy atom. The van der Waals surface area contributed by atoms with Crippen LogP contribution in [0.25, 0.3) is 0 Å². The van der Waals surface area contributed by atoms with E-state index in [0.29, 0.717) is 23.7 Å². The first-order valence-electron chi connectivity index (χ1n) is 11.6. The summed E-state index contributed by atoms with van der Waals surface area (Å²) < 4.78 is 43.6. The first-order valence-corrected chi connectivity index (χ1v) is 16.2. The van der Waals surface area contributed by atoms with Gasteiger partial charge in [-0.3, -0.25) is 9.55 Å². The standard InChI is InChI=1S/C25H40NO6PSi/c1-10-30-33(27,31-11-2)23(15-19-13-12-14-26-18-19)20-16-21(28-6)24(22(17-20)29-7)32-34(8,9)25(3,4)5/h12-14,16-18,23H,10-11,15H2,1-9H3. The number of methoxy groups -OCH3 is 2. The van der Waals surface area contributed by atoms with Crippen molar-refractivity contribution in [2.75, 3.05) is 27.4 Å². The van der Waals surface area contributed by atoms with E-state index >= 15 is 0 Å². The summed E-state index contributed by atoms with van der Waals surface area (Å²) in [7, 11) is -2.52. The molecule has 34 heavy (non-hydrogen) atoms. The van der Waals surface area contributed by atoms with Crippen molar-refractivity contribution in [3.05, 3.63) is 47.8 Å². The molecule has 1 atom stereocenters. The molecule has 0 aliphatic heterocycles. The quantitative estimate of drug-likeness (QED) is 0.224. The van der Waals surface area contributed by atoms with Crippen LogP contribution >= 0.6 is 7.60 Å². The minimum atomic E-state index is -3.53. The van der Waals surface area contributed by atoms with Gasteiger partial charge in [-0.05, 0) is 67.7 Å². The third kappa shape index (κ3) is 6.63. The molecule has 190 valence electrons.